The molecule has 0 radical (unpaired) electrons. The number of esters is 1. The van der Waals surface area contributed by atoms with Crippen LogP contribution in [-0.4, -0.2) is 43.1 Å². The molecule has 6 heteroatoms. The zero-order chi connectivity index (χ0) is 17.1. The van der Waals surface area contributed by atoms with E-state index in [1.807, 2.05) is 56.3 Å². The summed E-state index contributed by atoms with van der Waals surface area (Å²) in [5, 5.41) is 0. The Morgan fingerprint density at radius 2 is 2.12 bits per heavy atom. The third-order valence-corrected chi connectivity index (χ3v) is 4.16. The Morgan fingerprint density at radius 1 is 1.32 bits per heavy atom. The van der Waals surface area contributed by atoms with Gasteiger partial charge in [0.25, 0.3) is 0 Å². The lowest BCUT2D eigenvalue weighted by Gasteiger charge is -2.21. The molecule has 25 heavy (non-hydrogen) atoms. The maximum Gasteiger partial charge on any atom is 0.313 e. The molecule has 1 aromatic heterocycles. The minimum absolute atomic E-state index is 0. The second-order valence-corrected chi connectivity index (χ2v) is 6.31. The maximum absolute atomic E-state index is 12.2. The van der Waals surface area contributed by atoms with Gasteiger partial charge in [0.1, 0.15) is 12.4 Å². The molecule has 0 aliphatic carbocycles. The van der Waals surface area contributed by atoms with E-state index in [4.69, 9.17) is 9.47 Å². The first-order valence-electron chi connectivity index (χ1n) is 8.10. The molecule has 1 aliphatic rings. The molecule has 5 nitrogen and oxygen atoms in total. The second-order valence-electron chi connectivity index (χ2n) is 6.31. The minimum atomic E-state index is -0.298. The van der Waals surface area contributed by atoms with E-state index in [1.165, 1.54) is 0 Å². The highest BCUT2D eigenvalue weighted by atomic mass is 35.5. The topological polar surface area (TPSA) is 51.7 Å². The average molecular weight is 363 g/mol. The van der Waals surface area contributed by atoms with Crippen molar-refractivity contribution < 1.29 is 14.3 Å². The van der Waals surface area contributed by atoms with Crippen LogP contribution >= 0.6 is 12.4 Å². The summed E-state index contributed by atoms with van der Waals surface area (Å²) in [6.45, 7) is 3.00. The molecule has 2 heterocycles. The predicted octanol–water partition coefficient (Wildman–Crippen LogP) is 3.41. The van der Waals surface area contributed by atoms with E-state index in [1.54, 1.807) is 6.20 Å². The smallest absolute Gasteiger partial charge is 0.313 e. The molecule has 0 amide bonds. The molecule has 134 valence electrons. The molecule has 3 rings (SSSR count). The van der Waals surface area contributed by atoms with Gasteiger partial charge in [-0.25, -0.2) is 4.98 Å². The summed E-state index contributed by atoms with van der Waals surface area (Å²) in [7, 11) is 3.90. The number of aromatic nitrogens is 1. The van der Waals surface area contributed by atoms with Crippen molar-refractivity contribution in [3.63, 3.8) is 0 Å². The number of likely N-dealkylation sites (N-methyl/N-ethyl adjacent to an activating group) is 1. The first kappa shape index (κ1) is 19.2. The van der Waals surface area contributed by atoms with Crippen LogP contribution < -0.4 is 4.74 Å². The number of carbonyl (C=O) groups is 1. The summed E-state index contributed by atoms with van der Waals surface area (Å²) in [5.41, 5.74) is 3.07. The van der Waals surface area contributed by atoms with E-state index in [0.717, 1.165) is 35.4 Å². The number of carbonyl (C=O) groups excluding carboxylic acids is 1. The molecule has 1 unspecified atom stereocenters. The van der Waals surface area contributed by atoms with Crippen LogP contribution in [0.1, 0.15) is 29.5 Å². The Hall–Kier alpha value is -2.11. The van der Waals surface area contributed by atoms with Crippen LogP contribution in [0.2, 0.25) is 0 Å². The zero-order valence-electron chi connectivity index (χ0n) is 14.7. The maximum atomic E-state index is 12.2. The van der Waals surface area contributed by atoms with Crippen LogP contribution in [0.5, 0.6) is 11.6 Å². The van der Waals surface area contributed by atoms with Crippen molar-refractivity contribution >= 4 is 18.4 Å². The van der Waals surface area contributed by atoms with Crippen LogP contribution in [0, 0.1) is 0 Å². The van der Waals surface area contributed by atoms with Gasteiger partial charge in [0, 0.05) is 24.7 Å². The molecule has 1 aliphatic heterocycles. The number of pyridine rings is 1. The zero-order valence-corrected chi connectivity index (χ0v) is 15.5. The number of halogens is 1. The predicted molar refractivity (Wildman–Crippen MR) is 98.7 cm³/mol. The van der Waals surface area contributed by atoms with E-state index >= 15 is 0 Å². The number of fused-ring (bicyclic) bond motifs is 2. The second kappa shape index (κ2) is 8.32. The van der Waals surface area contributed by atoms with Crippen molar-refractivity contribution in [2.24, 2.45) is 0 Å². The molecule has 0 bridgehead atoms. The monoisotopic (exact) mass is 362 g/mol. The summed E-state index contributed by atoms with van der Waals surface area (Å²) in [6, 6.07) is 9.78. The van der Waals surface area contributed by atoms with Crippen LogP contribution in [0.25, 0.3) is 0 Å². The average Bonchev–Trinajstić information content (AvgIpc) is 2.58. The van der Waals surface area contributed by atoms with E-state index in [0.29, 0.717) is 12.5 Å². The molecule has 1 atom stereocenters. The summed E-state index contributed by atoms with van der Waals surface area (Å²) >= 11 is 0. The summed E-state index contributed by atoms with van der Waals surface area (Å²) in [5.74, 6) is 0.968. The highest BCUT2D eigenvalue weighted by Crippen LogP contribution is 2.36. The van der Waals surface area contributed by atoms with E-state index < -0.39 is 0 Å². The molecule has 0 fully saturated rings. The number of hydrogen-bond acceptors (Lipinski definition) is 5. The molecule has 0 spiro atoms. The Labute approximate surface area is 154 Å². The largest absolute Gasteiger partial charge is 0.464 e. The summed E-state index contributed by atoms with van der Waals surface area (Å²) < 4.78 is 11.2. The number of benzene rings is 1. The first-order valence-corrected chi connectivity index (χ1v) is 8.10. The van der Waals surface area contributed by atoms with Gasteiger partial charge in [-0.1, -0.05) is 18.2 Å². The Morgan fingerprint density at radius 3 is 2.88 bits per heavy atom. The number of rotatable bonds is 5. The Balaban J connectivity index is 0.00000225. The van der Waals surface area contributed by atoms with E-state index in [2.05, 4.69) is 4.98 Å². The normalized spacial score (nSPS) is 13.1. The van der Waals surface area contributed by atoms with Gasteiger partial charge < -0.3 is 14.4 Å². The standard InChI is InChI=1S/C19H22N2O3.ClH/c1-13(19(22)23-10-9-21(2)3)14-6-7-17-16(11-14)12-15-5-4-8-20-18(15)24-17;/h4-8,11,13H,9-10,12H2,1-3H3;1H. The minimum Gasteiger partial charge on any atom is -0.464 e. The molecule has 0 N–H and O–H groups in total. The van der Waals surface area contributed by atoms with Gasteiger partial charge in [-0.15, -0.1) is 12.4 Å². The lowest BCUT2D eigenvalue weighted by atomic mass is 9.95. The first-order chi connectivity index (χ1) is 11.5. The molecule has 0 saturated carbocycles. The fourth-order valence-corrected chi connectivity index (χ4v) is 2.66. The van der Waals surface area contributed by atoms with Crippen LogP contribution in [0.4, 0.5) is 0 Å². The lowest BCUT2D eigenvalue weighted by molar-refractivity contribution is -0.145. The van der Waals surface area contributed by atoms with Crippen LogP contribution in [-0.2, 0) is 16.0 Å². The molecule has 1 aromatic carbocycles. The van der Waals surface area contributed by atoms with Crippen LogP contribution in [0.15, 0.2) is 36.5 Å². The fourth-order valence-electron chi connectivity index (χ4n) is 2.66. The van der Waals surface area contributed by atoms with Crippen molar-refractivity contribution in [3.8, 4) is 11.6 Å². The van der Waals surface area contributed by atoms with Crippen molar-refractivity contribution in [1.29, 1.82) is 0 Å². The quantitative estimate of drug-likeness (QED) is 0.651. The number of nitrogens with zero attached hydrogens (tertiary/aromatic N) is 2. The molecule has 0 saturated heterocycles. The van der Waals surface area contributed by atoms with E-state index in [-0.39, 0.29) is 24.3 Å². The van der Waals surface area contributed by atoms with Crippen molar-refractivity contribution in [1.82, 2.24) is 9.88 Å². The van der Waals surface area contributed by atoms with Crippen molar-refractivity contribution in [2.45, 2.75) is 19.3 Å². The van der Waals surface area contributed by atoms with Crippen molar-refractivity contribution in [3.05, 3.63) is 53.2 Å². The Bertz CT molecular complexity index is 749. The van der Waals surface area contributed by atoms with E-state index in [9.17, 15) is 4.79 Å². The fraction of sp³-hybridized carbons (Fsp3) is 0.368. The van der Waals surface area contributed by atoms with Crippen molar-refractivity contribution in [2.75, 3.05) is 27.2 Å². The van der Waals surface area contributed by atoms with Gasteiger partial charge in [0.2, 0.25) is 5.88 Å². The van der Waals surface area contributed by atoms with Gasteiger partial charge in [-0.3, -0.25) is 4.79 Å². The number of hydrogen-bond donors (Lipinski definition) is 0. The number of ether oxygens (including phenoxy) is 2. The molecular formula is C19H23ClN2O3. The summed E-state index contributed by atoms with van der Waals surface area (Å²) in [4.78, 5) is 18.4. The molecular weight excluding hydrogens is 340 g/mol. The lowest BCUT2D eigenvalue weighted by Crippen LogP contribution is -2.22. The third-order valence-electron chi connectivity index (χ3n) is 4.16. The van der Waals surface area contributed by atoms with Gasteiger partial charge in [0.15, 0.2) is 0 Å². The van der Waals surface area contributed by atoms with Crippen LogP contribution in [0.3, 0.4) is 0 Å². The van der Waals surface area contributed by atoms with Gasteiger partial charge >= 0.3 is 5.97 Å². The van der Waals surface area contributed by atoms with Gasteiger partial charge in [-0.05, 0) is 44.3 Å². The SMILES string of the molecule is CC(C(=O)OCCN(C)C)c1ccc2c(c1)Cc1cccnc1O2.Cl. The highest BCUT2D eigenvalue weighted by molar-refractivity contribution is 5.85. The Kier molecular flexibility index (Phi) is 6.39. The third kappa shape index (κ3) is 4.50. The van der Waals surface area contributed by atoms with Gasteiger partial charge in [-0.2, -0.15) is 0 Å². The molecule has 2 aromatic rings. The summed E-state index contributed by atoms with van der Waals surface area (Å²) in [6.07, 6.45) is 2.48. The highest BCUT2D eigenvalue weighted by Gasteiger charge is 2.22. The van der Waals surface area contributed by atoms with Gasteiger partial charge in [0.05, 0.1) is 5.92 Å².